The van der Waals surface area contributed by atoms with Gasteiger partial charge in [-0.15, -0.1) is 0 Å². The fourth-order valence-corrected chi connectivity index (χ4v) is 2.40. The summed E-state index contributed by atoms with van der Waals surface area (Å²) in [4.78, 5) is 0. The van der Waals surface area contributed by atoms with Gasteiger partial charge in [-0.3, -0.25) is 0 Å². The van der Waals surface area contributed by atoms with E-state index in [-0.39, 0.29) is 0 Å². The zero-order chi connectivity index (χ0) is 12.0. The highest BCUT2D eigenvalue weighted by Crippen LogP contribution is 2.19. The number of rotatable bonds is 6. The van der Waals surface area contributed by atoms with Gasteiger partial charge in [-0.2, -0.15) is 0 Å². The van der Waals surface area contributed by atoms with Crippen LogP contribution in [0.15, 0.2) is 0 Å². The first kappa shape index (κ1) is 13.9. The predicted molar refractivity (Wildman–Crippen MR) is 68.6 cm³/mol. The van der Waals surface area contributed by atoms with E-state index in [0.717, 1.165) is 50.5 Å². The molecule has 96 valence electrons. The maximum atomic E-state index is 5.66. The lowest BCUT2D eigenvalue weighted by atomic mass is 9.85. The molecule has 1 saturated heterocycles. The Labute approximate surface area is 100 Å². The average Bonchev–Trinajstić information content (AvgIpc) is 2.24. The van der Waals surface area contributed by atoms with Crippen LogP contribution in [0, 0.1) is 17.8 Å². The summed E-state index contributed by atoms with van der Waals surface area (Å²) < 4.78 is 5.66. The van der Waals surface area contributed by atoms with Crippen molar-refractivity contribution in [2.75, 3.05) is 32.8 Å². The van der Waals surface area contributed by atoms with Crippen molar-refractivity contribution < 1.29 is 4.74 Å². The standard InChI is InChI=1S/C13H28N2O/c1-10(2)13(11(3)4)9-15-8-12-7-14-5-6-16-12/h10-15H,5-9H2,1-4H3. The van der Waals surface area contributed by atoms with Crippen molar-refractivity contribution in [1.29, 1.82) is 0 Å². The molecule has 0 saturated carbocycles. The molecule has 0 radical (unpaired) electrons. The molecule has 0 spiro atoms. The molecule has 0 aromatic rings. The van der Waals surface area contributed by atoms with Crippen LogP contribution in [0.25, 0.3) is 0 Å². The van der Waals surface area contributed by atoms with Crippen LogP contribution in [0.2, 0.25) is 0 Å². The van der Waals surface area contributed by atoms with Gasteiger partial charge in [-0.05, 0) is 24.3 Å². The van der Waals surface area contributed by atoms with Crippen LogP contribution in [-0.4, -0.2) is 38.9 Å². The minimum atomic E-state index is 0.355. The zero-order valence-corrected chi connectivity index (χ0v) is 11.3. The lowest BCUT2D eigenvalue weighted by molar-refractivity contribution is 0.0280. The van der Waals surface area contributed by atoms with E-state index < -0.39 is 0 Å². The van der Waals surface area contributed by atoms with Crippen molar-refractivity contribution in [3.8, 4) is 0 Å². The number of hydrogen-bond donors (Lipinski definition) is 2. The first-order valence-corrected chi connectivity index (χ1v) is 6.64. The minimum Gasteiger partial charge on any atom is -0.374 e. The van der Waals surface area contributed by atoms with Gasteiger partial charge in [-0.25, -0.2) is 0 Å². The van der Waals surface area contributed by atoms with Crippen molar-refractivity contribution >= 4 is 0 Å². The fourth-order valence-electron chi connectivity index (χ4n) is 2.40. The van der Waals surface area contributed by atoms with Crippen LogP contribution >= 0.6 is 0 Å². The topological polar surface area (TPSA) is 33.3 Å². The normalized spacial score (nSPS) is 22.3. The third-order valence-electron chi connectivity index (χ3n) is 3.47. The smallest absolute Gasteiger partial charge is 0.0824 e. The summed E-state index contributed by atoms with van der Waals surface area (Å²) in [5.74, 6) is 2.26. The molecule has 3 nitrogen and oxygen atoms in total. The van der Waals surface area contributed by atoms with Crippen molar-refractivity contribution in [2.45, 2.75) is 33.8 Å². The maximum Gasteiger partial charge on any atom is 0.0824 e. The summed E-state index contributed by atoms with van der Waals surface area (Å²) in [6, 6.07) is 0. The lowest BCUT2D eigenvalue weighted by Gasteiger charge is -2.28. The molecule has 1 aliphatic heterocycles. The van der Waals surface area contributed by atoms with E-state index >= 15 is 0 Å². The molecule has 1 aliphatic rings. The first-order chi connectivity index (χ1) is 7.61. The molecule has 0 aromatic heterocycles. The largest absolute Gasteiger partial charge is 0.374 e. The summed E-state index contributed by atoms with van der Waals surface area (Å²) in [6.07, 6.45) is 0.355. The Morgan fingerprint density at radius 1 is 1.25 bits per heavy atom. The summed E-state index contributed by atoms with van der Waals surface area (Å²) >= 11 is 0. The highest BCUT2D eigenvalue weighted by Gasteiger charge is 2.18. The highest BCUT2D eigenvalue weighted by molar-refractivity contribution is 4.73. The molecule has 16 heavy (non-hydrogen) atoms. The highest BCUT2D eigenvalue weighted by atomic mass is 16.5. The summed E-state index contributed by atoms with van der Waals surface area (Å²) in [5, 5.41) is 6.91. The summed E-state index contributed by atoms with van der Waals surface area (Å²) in [7, 11) is 0. The van der Waals surface area contributed by atoms with Gasteiger partial charge in [0.1, 0.15) is 0 Å². The van der Waals surface area contributed by atoms with Crippen LogP contribution in [0.1, 0.15) is 27.7 Å². The zero-order valence-electron chi connectivity index (χ0n) is 11.3. The van der Waals surface area contributed by atoms with E-state index in [9.17, 15) is 0 Å². The number of ether oxygens (including phenoxy) is 1. The van der Waals surface area contributed by atoms with Crippen LogP contribution in [0.5, 0.6) is 0 Å². The van der Waals surface area contributed by atoms with E-state index in [0.29, 0.717) is 6.10 Å². The molecule has 1 unspecified atom stereocenters. The molecule has 1 fully saturated rings. The monoisotopic (exact) mass is 228 g/mol. The number of morpholine rings is 1. The van der Waals surface area contributed by atoms with E-state index in [4.69, 9.17) is 4.74 Å². The third-order valence-corrected chi connectivity index (χ3v) is 3.47. The van der Waals surface area contributed by atoms with Gasteiger partial charge in [0.2, 0.25) is 0 Å². The van der Waals surface area contributed by atoms with E-state index in [1.54, 1.807) is 0 Å². The Hall–Kier alpha value is -0.120. The van der Waals surface area contributed by atoms with E-state index in [1.165, 1.54) is 0 Å². The van der Waals surface area contributed by atoms with Gasteiger partial charge in [0.25, 0.3) is 0 Å². The van der Waals surface area contributed by atoms with Crippen LogP contribution in [0.3, 0.4) is 0 Å². The first-order valence-electron chi connectivity index (χ1n) is 6.64. The van der Waals surface area contributed by atoms with Gasteiger partial charge < -0.3 is 15.4 Å². The van der Waals surface area contributed by atoms with Gasteiger partial charge >= 0.3 is 0 Å². The van der Waals surface area contributed by atoms with Crippen molar-refractivity contribution in [2.24, 2.45) is 17.8 Å². The van der Waals surface area contributed by atoms with Gasteiger partial charge in [0, 0.05) is 19.6 Å². The SMILES string of the molecule is CC(C)C(CNCC1CNCCO1)C(C)C. The quantitative estimate of drug-likeness (QED) is 0.723. The van der Waals surface area contributed by atoms with E-state index in [2.05, 4.69) is 38.3 Å². The maximum absolute atomic E-state index is 5.66. The van der Waals surface area contributed by atoms with Crippen molar-refractivity contribution in [1.82, 2.24) is 10.6 Å². The molecule has 0 aromatic carbocycles. The molecule has 0 bridgehead atoms. The minimum absolute atomic E-state index is 0.355. The number of hydrogen-bond acceptors (Lipinski definition) is 3. The predicted octanol–water partition coefficient (Wildman–Crippen LogP) is 1.49. The van der Waals surface area contributed by atoms with Crippen LogP contribution in [0.4, 0.5) is 0 Å². The van der Waals surface area contributed by atoms with Crippen molar-refractivity contribution in [3.63, 3.8) is 0 Å². The molecule has 1 heterocycles. The Morgan fingerprint density at radius 3 is 2.44 bits per heavy atom. The molecule has 3 heteroatoms. The second-order valence-corrected chi connectivity index (χ2v) is 5.51. The van der Waals surface area contributed by atoms with E-state index in [1.807, 2.05) is 0 Å². The molecule has 0 amide bonds. The molecule has 0 aliphatic carbocycles. The van der Waals surface area contributed by atoms with Gasteiger partial charge in [-0.1, -0.05) is 27.7 Å². The molecule has 1 rings (SSSR count). The van der Waals surface area contributed by atoms with Crippen LogP contribution in [-0.2, 0) is 4.74 Å². The molecule has 1 atom stereocenters. The Bertz CT molecular complexity index is 169. The second kappa shape index (κ2) is 7.25. The average molecular weight is 228 g/mol. The summed E-state index contributed by atoms with van der Waals surface area (Å²) in [5.41, 5.74) is 0. The Balaban J connectivity index is 2.16. The van der Waals surface area contributed by atoms with Crippen molar-refractivity contribution in [3.05, 3.63) is 0 Å². The Morgan fingerprint density at radius 2 is 1.94 bits per heavy atom. The van der Waals surface area contributed by atoms with Crippen LogP contribution < -0.4 is 10.6 Å². The molecular formula is C13H28N2O. The number of nitrogens with one attached hydrogen (secondary N) is 2. The second-order valence-electron chi connectivity index (χ2n) is 5.51. The van der Waals surface area contributed by atoms with Gasteiger partial charge in [0.15, 0.2) is 0 Å². The third kappa shape index (κ3) is 4.81. The van der Waals surface area contributed by atoms with Gasteiger partial charge in [0.05, 0.1) is 12.7 Å². The molecule has 2 N–H and O–H groups in total. The molecular weight excluding hydrogens is 200 g/mol. The lowest BCUT2D eigenvalue weighted by Crippen LogP contribution is -2.45. The summed E-state index contributed by atoms with van der Waals surface area (Å²) in [6.45, 7) is 14.2. The Kier molecular flexibility index (Phi) is 6.32. The fraction of sp³-hybridized carbons (Fsp3) is 1.00.